The Bertz CT molecular complexity index is 1370. The van der Waals surface area contributed by atoms with Gasteiger partial charge in [0, 0.05) is 24.8 Å². The molecule has 3 rings (SSSR count). The Kier molecular flexibility index (Phi) is 6.06. The number of carbonyl (C=O) groups excluding carboxylic acids is 1. The van der Waals surface area contributed by atoms with Crippen LogP contribution in [0.2, 0.25) is 0 Å². The van der Waals surface area contributed by atoms with Crippen molar-refractivity contribution in [2.24, 2.45) is 10.1 Å². The van der Waals surface area contributed by atoms with Crippen molar-refractivity contribution < 1.29 is 18.1 Å². The van der Waals surface area contributed by atoms with Crippen LogP contribution in [-0.4, -0.2) is 23.8 Å². The number of allylic oxidation sites excluding steroid dienone is 1. The average Bonchev–Trinajstić information content (AvgIpc) is 3.02. The van der Waals surface area contributed by atoms with Gasteiger partial charge in [-0.1, -0.05) is 29.5 Å². The van der Waals surface area contributed by atoms with Crippen molar-refractivity contribution >= 4 is 49.2 Å². The summed E-state index contributed by atoms with van der Waals surface area (Å²) in [6, 6.07) is 10.3. The summed E-state index contributed by atoms with van der Waals surface area (Å²) in [6.45, 7) is 4.05. The molecule has 0 unspecified atom stereocenters. The third-order valence-electron chi connectivity index (χ3n) is 4.00. The highest BCUT2D eigenvalue weighted by atomic mass is 32.2. The second-order valence-electron chi connectivity index (χ2n) is 6.09. The number of hydrogen-bond acceptors (Lipinski definition) is 6. The topological polar surface area (TPSA) is 138 Å². The number of nitro benzene ring substituents is 1. The number of aromatic nitrogens is 1. The number of fused-ring (bicyclic) bond motifs is 1. The number of rotatable bonds is 6. The van der Waals surface area contributed by atoms with E-state index < -0.39 is 20.9 Å². The molecular formula is C19H16N4O5S2. The molecule has 9 nitrogen and oxygen atoms in total. The van der Waals surface area contributed by atoms with Gasteiger partial charge < -0.3 is 4.57 Å². The van der Waals surface area contributed by atoms with E-state index in [4.69, 9.17) is 5.14 Å². The summed E-state index contributed by atoms with van der Waals surface area (Å²) in [5, 5.41) is 16.0. The van der Waals surface area contributed by atoms with Crippen LogP contribution in [0.15, 0.2) is 71.1 Å². The van der Waals surface area contributed by atoms with Crippen molar-refractivity contribution in [2.75, 3.05) is 0 Å². The molecule has 0 spiro atoms. The van der Waals surface area contributed by atoms with Gasteiger partial charge in [0.25, 0.3) is 11.6 Å². The highest BCUT2D eigenvalue weighted by Crippen LogP contribution is 2.21. The van der Waals surface area contributed by atoms with Gasteiger partial charge in [-0.15, -0.1) is 6.58 Å². The molecule has 0 radical (unpaired) electrons. The Morgan fingerprint density at radius 1 is 1.30 bits per heavy atom. The van der Waals surface area contributed by atoms with E-state index in [9.17, 15) is 23.3 Å². The highest BCUT2D eigenvalue weighted by molar-refractivity contribution is 7.89. The van der Waals surface area contributed by atoms with Gasteiger partial charge in [0.2, 0.25) is 10.0 Å². The first-order chi connectivity index (χ1) is 14.2. The van der Waals surface area contributed by atoms with Crippen LogP contribution >= 0.6 is 11.3 Å². The van der Waals surface area contributed by atoms with Crippen molar-refractivity contribution in [1.29, 1.82) is 0 Å². The van der Waals surface area contributed by atoms with Crippen LogP contribution in [0.3, 0.4) is 0 Å². The minimum Gasteiger partial charge on any atom is -0.312 e. The summed E-state index contributed by atoms with van der Waals surface area (Å²) in [4.78, 5) is 27.0. The van der Waals surface area contributed by atoms with E-state index in [1.165, 1.54) is 42.5 Å². The predicted molar refractivity (Wildman–Crippen MR) is 114 cm³/mol. The lowest BCUT2D eigenvalue weighted by Crippen LogP contribution is -2.15. The van der Waals surface area contributed by atoms with E-state index in [0.717, 1.165) is 11.3 Å². The molecule has 1 aromatic heterocycles. The van der Waals surface area contributed by atoms with E-state index in [2.05, 4.69) is 11.6 Å². The Balaban J connectivity index is 2.00. The Morgan fingerprint density at radius 2 is 2.07 bits per heavy atom. The van der Waals surface area contributed by atoms with Gasteiger partial charge in [-0.3, -0.25) is 14.9 Å². The Morgan fingerprint density at radius 3 is 2.73 bits per heavy atom. The van der Waals surface area contributed by atoms with Crippen LogP contribution in [-0.2, 0) is 21.4 Å². The normalized spacial score (nSPS) is 12.5. The van der Waals surface area contributed by atoms with Crippen LogP contribution in [0.5, 0.6) is 0 Å². The molecule has 0 aliphatic carbocycles. The molecule has 0 saturated heterocycles. The lowest BCUT2D eigenvalue weighted by atomic mass is 10.2. The van der Waals surface area contributed by atoms with E-state index in [-0.39, 0.29) is 10.6 Å². The summed E-state index contributed by atoms with van der Waals surface area (Å²) in [5.74, 6) is -0.572. The quantitative estimate of drug-likeness (QED) is 0.269. The molecule has 0 bridgehead atoms. The monoisotopic (exact) mass is 444 g/mol. The molecule has 11 heteroatoms. The number of sulfonamides is 1. The van der Waals surface area contributed by atoms with Crippen LogP contribution in [0.25, 0.3) is 16.3 Å². The van der Waals surface area contributed by atoms with E-state index in [1.54, 1.807) is 22.8 Å². The number of non-ortho nitro benzene ring substituents is 1. The molecule has 0 fully saturated rings. The largest absolute Gasteiger partial charge is 0.312 e. The summed E-state index contributed by atoms with van der Waals surface area (Å²) >= 11 is 1.13. The van der Waals surface area contributed by atoms with Crippen LogP contribution in [0.4, 0.5) is 5.69 Å². The fraction of sp³-hybridized carbons (Fsp3) is 0.0526. The van der Waals surface area contributed by atoms with Gasteiger partial charge in [0.1, 0.15) is 0 Å². The number of nitrogens with zero attached hydrogens (tertiary/aromatic N) is 3. The average molecular weight is 444 g/mol. The molecule has 0 aliphatic heterocycles. The maximum Gasteiger partial charge on any atom is 0.272 e. The molecule has 3 aromatic rings. The van der Waals surface area contributed by atoms with Crippen molar-refractivity contribution in [1.82, 2.24) is 4.57 Å². The number of thiazole rings is 1. The number of nitrogens with two attached hydrogens (primary N) is 1. The van der Waals surface area contributed by atoms with Gasteiger partial charge >= 0.3 is 0 Å². The summed E-state index contributed by atoms with van der Waals surface area (Å²) < 4.78 is 25.5. The molecule has 0 atom stereocenters. The SMILES string of the molecule is C=CCn1c(=NC(=O)C=Cc2cccc([N+](=O)[O-])c2)sc2cc(S(N)(=O)=O)ccc21. The fourth-order valence-electron chi connectivity index (χ4n) is 2.66. The number of nitro groups is 1. The van der Waals surface area contributed by atoms with Gasteiger partial charge in [-0.2, -0.15) is 4.99 Å². The summed E-state index contributed by atoms with van der Waals surface area (Å²) in [6.07, 6.45) is 4.27. The lowest BCUT2D eigenvalue weighted by molar-refractivity contribution is -0.384. The van der Waals surface area contributed by atoms with E-state index in [1.807, 2.05) is 0 Å². The highest BCUT2D eigenvalue weighted by Gasteiger charge is 2.12. The fourth-order valence-corrected chi connectivity index (χ4v) is 4.36. The number of amides is 1. The molecule has 154 valence electrons. The molecule has 1 heterocycles. The first-order valence-electron chi connectivity index (χ1n) is 8.47. The van der Waals surface area contributed by atoms with Crippen LogP contribution < -0.4 is 9.94 Å². The second-order valence-corrected chi connectivity index (χ2v) is 8.66. The van der Waals surface area contributed by atoms with Crippen LogP contribution in [0, 0.1) is 10.1 Å². The maximum atomic E-state index is 12.3. The number of primary sulfonamides is 1. The molecular weight excluding hydrogens is 428 g/mol. The zero-order chi connectivity index (χ0) is 21.9. The van der Waals surface area contributed by atoms with E-state index >= 15 is 0 Å². The van der Waals surface area contributed by atoms with Crippen molar-refractivity contribution in [3.8, 4) is 0 Å². The van der Waals surface area contributed by atoms with Crippen molar-refractivity contribution in [3.05, 3.63) is 81.7 Å². The van der Waals surface area contributed by atoms with Crippen molar-refractivity contribution in [2.45, 2.75) is 11.4 Å². The molecule has 1 amide bonds. The molecule has 0 aliphatic rings. The predicted octanol–water partition coefficient (Wildman–Crippen LogP) is 2.59. The number of benzene rings is 2. The Hall–Kier alpha value is -3.41. The minimum atomic E-state index is -3.86. The zero-order valence-electron chi connectivity index (χ0n) is 15.5. The molecule has 30 heavy (non-hydrogen) atoms. The summed E-state index contributed by atoms with van der Waals surface area (Å²) in [5.41, 5.74) is 1.09. The van der Waals surface area contributed by atoms with Gasteiger partial charge in [-0.05, 0) is 29.8 Å². The van der Waals surface area contributed by atoms with Crippen LogP contribution in [0.1, 0.15) is 5.56 Å². The Labute approximate surface area is 175 Å². The number of hydrogen-bond donors (Lipinski definition) is 1. The standard InChI is InChI=1S/C19H16N4O5S2/c1-2-10-22-16-8-7-15(30(20,27)28)12-17(16)29-19(22)21-18(24)9-6-13-4-3-5-14(11-13)23(25)26/h2-9,11-12H,1,10H2,(H2,20,27,28). The molecule has 0 saturated carbocycles. The van der Waals surface area contributed by atoms with E-state index in [0.29, 0.717) is 27.1 Å². The number of carbonyl (C=O) groups is 1. The summed E-state index contributed by atoms with van der Waals surface area (Å²) in [7, 11) is -3.86. The smallest absolute Gasteiger partial charge is 0.272 e. The van der Waals surface area contributed by atoms with Gasteiger partial charge in [-0.25, -0.2) is 13.6 Å². The first kappa shape index (κ1) is 21.3. The van der Waals surface area contributed by atoms with Gasteiger partial charge in [0.05, 0.1) is 20.0 Å². The zero-order valence-corrected chi connectivity index (χ0v) is 17.1. The maximum absolute atomic E-state index is 12.3. The molecule has 2 aromatic carbocycles. The third kappa shape index (κ3) is 4.76. The van der Waals surface area contributed by atoms with Crippen molar-refractivity contribution in [3.63, 3.8) is 0 Å². The molecule has 2 N–H and O–H groups in total. The minimum absolute atomic E-state index is 0.0366. The first-order valence-corrected chi connectivity index (χ1v) is 10.8. The second kappa shape index (κ2) is 8.53. The van der Waals surface area contributed by atoms with Gasteiger partial charge in [0.15, 0.2) is 4.80 Å². The third-order valence-corrected chi connectivity index (χ3v) is 5.95. The lowest BCUT2D eigenvalue weighted by Gasteiger charge is -2.02.